The van der Waals surface area contributed by atoms with E-state index < -0.39 is 6.04 Å². The average molecular weight is 507 g/mol. The Morgan fingerprint density at radius 2 is 1.47 bits per heavy atom. The Hall–Kier alpha value is -4.32. The number of fused-ring (bicyclic) bond motifs is 2. The minimum Gasteiger partial charge on any atom is -0.357 e. The molecule has 1 aliphatic heterocycles. The topological polar surface area (TPSA) is 66.5 Å². The molecule has 1 atom stereocenters. The molecular formula is C32H27FN2O3. The fraction of sp³-hybridized carbons (Fsp3) is 0.219. The summed E-state index contributed by atoms with van der Waals surface area (Å²) in [6, 6.07) is 19.9. The third kappa shape index (κ3) is 3.71. The van der Waals surface area contributed by atoms with Crippen molar-refractivity contribution in [3.8, 4) is 0 Å². The number of carbonyl (C=O) groups is 3. The van der Waals surface area contributed by atoms with Gasteiger partial charge in [-0.15, -0.1) is 0 Å². The highest BCUT2D eigenvalue weighted by Crippen LogP contribution is 2.50. The monoisotopic (exact) mass is 506 g/mol. The number of benzene rings is 3. The highest BCUT2D eigenvalue weighted by atomic mass is 19.1. The lowest BCUT2D eigenvalue weighted by atomic mass is 9.73. The Bertz CT molecular complexity index is 1560. The number of allylic oxidation sites excluding steroid dienone is 3. The van der Waals surface area contributed by atoms with Crippen LogP contribution in [0.15, 0.2) is 95.3 Å². The van der Waals surface area contributed by atoms with Crippen molar-refractivity contribution in [1.82, 2.24) is 0 Å². The maximum Gasteiger partial charge on any atom is 0.199 e. The van der Waals surface area contributed by atoms with Gasteiger partial charge in [0, 0.05) is 34.5 Å². The molecular weight excluding hydrogens is 479 g/mol. The van der Waals surface area contributed by atoms with Crippen molar-refractivity contribution < 1.29 is 18.8 Å². The summed E-state index contributed by atoms with van der Waals surface area (Å²) in [6.45, 7) is 5.89. The van der Waals surface area contributed by atoms with Crippen molar-refractivity contribution in [1.29, 1.82) is 0 Å². The number of rotatable bonds is 2. The summed E-state index contributed by atoms with van der Waals surface area (Å²) in [5, 5.41) is 3.52. The van der Waals surface area contributed by atoms with Crippen molar-refractivity contribution in [2.45, 2.75) is 39.7 Å². The Morgan fingerprint density at radius 1 is 0.868 bits per heavy atom. The molecule has 3 aliphatic rings. The minimum absolute atomic E-state index is 0.0129. The number of Topliss-reactive ketones (excluding diaryl/α,β-unsaturated/α-hetero) is 3. The zero-order valence-electron chi connectivity index (χ0n) is 21.5. The average Bonchev–Trinajstić information content (AvgIpc) is 3.04. The molecule has 190 valence electrons. The smallest absolute Gasteiger partial charge is 0.199 e. The van der Waals surface area contributed by atoms with E-state index >= 15 is 0 Å². The quantitative estimate of drug-likeness (QED) is 0.306. The number of anilines is 2. The molecule has 2 aliphatic carbocycles. The van der Waals surface area contributed by atoms with E-state index in [0.29, 0.717) is 40.8 Å². The number of nitrogens with one attached hydrogen (secondary N) is 1. The van der Waals surface area contributed by atoms with Crippen molar-refractivity contribution in [2.75, 3.05) is 10.2 Å². The van der Waals surface area contributed by atoms with E-state index in [9.17, 15) is 18.8 Å². The van der Waals surface area contributed by atoms with Crippen LogP contribution in [0.2, 0.25) is 0 Å². The van der Waals surface area contributed by atoms with Crippen LogP contribution in [0.25, 0.3) is 0 Å². The van der Waals surface area contributed by atoms with Crippen LogP contribution in [0.1, 0.15) is 65.9 Å². The molecule has 0 spiro atoms. The van der Waals surface area contributed by atoms with Gasteiger partial charge in [0.15, 0.2) is 17.3 Å². The highest BCUT2D eigenvalue weighted by molar-refractivity contribution is 6.40. The van der Waals surface area contributed by atoms with Gasteiger partial charge in [0.1, 0.15) is 5.82 Å². The number of halogens is 1. The van der Waals surface area contributed by atoms with Gasteiger partial charge in [0.2, 0.25) is 0 Å². The first-order valence-corrected chi connectivity index (χ1v) is 12.7. The normalized spacial score (nSPS) is 20.0. The van der Waals surface area contributed by atoms with Gasteiger partial charge in [-0.2, -0.15) is 0 Å². The predicted octanol–water partition coefficient (Wildman–Crippen LogP) is 6.80. The van der Waals surface area contributed by atoms with Crippen LogP contribution in [0.5, 0.6) is 0 Å². The summed E-state index contributed by atoms with van der Waals surface area (Å²) >= 11 is 0. The second kappa shape index (κ2) is 8.62. The van der Waals surface area contributed by atoms with Crippen LogP contribution in [-0.4, -0.2) is 17.3 Å². The molecule has 3 aromatic rings. The Balaban J connectivity index is 1.65. The zero-order valence-corrected chi connectivity index (χ0v) is 21.5. The maximum atomic E-state index is 14.0. The summed E-state index contributed by atoms with van der Waals surface area (Å²) in [4.78, 5) is 42.9. The van der Waals surface area contributed by atoms with Crippen LogP contribution in [-0.2, 0) is 4.79 Å². The van der Waals surface area contributed by atoms with Gasteiger partial charge < -0.3 is 10.2 Å². The van der Waals surface area contributed by atoms with Crippen molar-refractivity contribution in [2.24, 2.45) is 5.41 Å². The van der Waals surface area contributed by atoms with Gasteiger partial charge in [-0.3, -0.25) is 14.4 Å². The van der Waals surface area contributed by atoms with E-state index in [2.05, 4.69) is 19.2 Å². The van der Waals surface area contributed by atoms with Crippen LogP contribution < -0.4 is 10.2 Å². The molecule has 0 fully saturated rings. The van der Waals surface area contributed by atoms with Gasteiger partial charge in [-0.1, -0.05) is 62.4 Å². The molecule has 0 aromatic heterocycles. The Kier molecular flexibility index (Phi) is 5.45. The summed E-state index contributed by atoms with van der Waals surface area (Å²) < 4.78 is 14.0. The van der Waals surface area contributed by atoms with Crippen LogP contribution in [0.3, 0.4) is 0 Å². The molecule has 6 heteroatoms. The lowest BCUT2D eigenvalue weighted by molar-refractivity contribution is -0.118. The molecule has 3 aromatic carbocycles. The summed E-state index contributed by atoms with van der Waals surface area (Å²) in [7, 11) is 0. The maximum absolute atomic E-state index is 14.0. The Morgan fingerprint density at radius 3 is 2.13 bits per heavy atom. The molecule has 1 unspecified atom stereocenters. The van der Waals surface area contributed by atoms with Crippen LogP contribution in [0, 0.1) is 11.2 Å². The largest absolute Gasteiger partial charge is 0.357 e. The fourth-order valence-corrected chi connectivity index (χ4v) is 6.02. The van der Waals surface area contributed by atoms with Gasteiger partial charge in [0.05, 0.1) is 23.0 Å². The van der Waals surface area contributed by atoms with E-state index in [1.807, 2.05) is 29.2 Å². The van der Waals surface area contributed by atoms with E-state index in [-0.39, 0.29) is 34.2 Å². The van der Waals surface area contributed by atoms with E-state index in [1.165, 1.54) is 12.1 Å². The molecule has 0 saturated heterocycles. The molecule has 0 amide bonds. The fourth-order valence-electron chi connectivity index (χ4n) is 6.02. The Labute approximate surface area is 220 Å². The lowest BCUT2D eigenvalue weighted by Gasteiger charge is -2.38. The van der Waals surface area contributed by atoms with Gasteiger partial charge >= 0.3 is 0 Å². The number of hydrogen-bond acceptors (Lipinski definition) is 5. The van der Waals surface area contributed by atoms with Gasteiger partial charge in [0.25, 0.3) is 0 Å². The SMILES string of the molecule is CC(=C1C(=O)c2ccccc2C1=O)N1c2ccccc2NC2=C(C(=O)CC(C)(C)C2)C1c1ccc(F)cc1. The van der Waals surface area contributed by atoms with Crippen LogP contribution in [0.4, 0.5) is 15.8 Å². The molecule has 1 heterocycles. The van der Waals surface area contributed by atoms with E-state index in [0.717, 1.165) is 17.1 Å². The second-order valence-corrected chi connectivity index (χ2v) is 11.0. The highest BCUT2D eigenvalue weighted by Gasteiger charge is 2.44. The van der Waals surface area contributed by atoms with E-state index in [4.69, 9.17) is 0 Å². The van der Waals surface area contributed by atoms with Gasteiger partial charge in [-0.05, 0) is 48.6 Å². The predicted molar refractivity (Wildman–Crippen MR) is 145 cm³/mol. The molecule has 0 radical (unpaired) electrons. The molecule has 38 heavy (non-hydrogen) atoms. The number of ketones is 3. The number of para-hydroxylation sites is 2. The summed E-state index contributed by atoms with van der Waals surface area (Å²) in [6.07, 6.45) is 1.00. The summed E-state index contributed by atoms with van der Waals surface area (Å²) in [5.41, 5.74) is 4.61. The van der Waals surface area contributed by atoms with Crippen LogP contribution >= 0.6 is 0 Å². The molecule has 5 nitrogen and oxygen atoms in total. The zero-order chi connectivity index (χ0) is 26.8. The van der Waals surface area contributed by atoms with Gasteiger partial charge in [-0.25, -0.2) is 4.39 Å². The molecule has 0 bridgehead atoms. The van der Waals surface area contributed by atoms with Crippen molar-refractivity contribution >= 4 is 28.7 Å². The first kappa shape index (κ1) is 24.0. The molecule has 1 N–H and O–H groups in total. The standard InChI is InChI=1S/C32H27FN2O3/c1-18(27-30(37)21-8-4-5-9-22(21)31(27)38)35-25-11-7-6-10-23(25)34-24-16-32(2,3)17-26(36)28(24)29(35)19-12-14-20(33)15-13-19/h4-15,29,34H,16-17H2,1-3H3. The minimum atomic E-state index is -0.665. The van der Waals surface area contributed by atoms with E-state index in [1.54, 1.807) is 43.3 Å². The number of nitrogens with zero attached hydrogens (tertiary/aromatic N) is 1. The first-order chi connectivity index (χ1) is 18.2. The number of hydrogen-bond donors (Lipinski definition) is 1. The lowest BCUT2D eigenvalue weighted by Crippen LogP contribution is -2.36. The van der Waals surface area contributed by atoms with Crippen molar-refractivity contribution in [3.05, 3.63) is 118 Å². The second-order valence-electron chi connectivity index (χ2n) is 11.0. The summed E-state index contributed by atoms with van der Waals surface area (Å²) in [5.74, 6) is -1.06. The third-order valence-corrected chi connectivity index (χ3v) is 7.68. The third-order valence-electron chi connectivity index (χ3n) is 7.68. The molecule has 0 saturated carbocycles. The number of carbonyl (C=O) groups excluding carboxylic acids is 3. The van der Waals surface area contributed by atoms with Crippen molar-refractivity contribution in [3.63, 3.8) is 0 Å². The molecule has 6 rings (SSSR count). The first-order valence-electron chi connectivity index (χ1n) is 12.7.